The van der Waals surface area contributed by atoms with Crippen molar-refractivity contribution in [3.8, 4) is 5.75 Å². The number of nitrogens with one attached hydrogen (secondary N) is 1. The maximum absolute atomic E-state index is 14.0. The second kappa shape index (κ2) is 11.1. The number of primary amides is 1. The minimum absolute atomic E-state index is 0.0133. The van der Waals surface area contributed by atoms with Crippen LogP contribution in [-0.4, -0.2) is 106 Å². The molecule has 0 radical (unpaired) electrons. The number of phenols is 1. The van der Waals surface area contributed by atoms with Gasteiger partial charge in [-0.1, -0.05) is 0 Å². The van der Waals surface area contributed by atoms with Crippen LogP contribution in [0.2, 0.25) is 0 Å². The highest BCUT2D eigenvalue weighted by molar-refractivity contribution is 6.24. The van der Waals surface area contributed by atoms with Gasteiger partial charge >= 0.3 is 0 Å². The summed E-state index contributed by atoms with van der Waals surface area (Å²) < 4.78 is 0. The van der Waals surface area contributed by atoms with E-state index in [1.54, 1.807) is 34.3 Å². The number of hydrogen-bond acceptors (Lipinski definition) is 12. The molecule has 4 atom stereocenters. The number of fused-ring (bicyclic) bond motifs is 3. The average molecular weight is 575 g/mol. The number of anilines is 1. The number of aliphatic hydroxyl groups is 5. The number of carbonyl (C=O) groups is 3. The number of aromatic hydroxyl groups is 1. The molecule has 1 aromatic carbocycles. The maximum Gasteiger partial charge on any atom is 0.255 e. The largest absolute Gasteiger partial charge is 0.508 e. The fourth-order valence-corrected chi connectivity index (χ4v) is 6.51. The number of hydrogen-bond donors (Lipinski definition) is 8. The highest BCUT2D eigenvalue weighted by Gasteiger charge is 2.64. The molecular formula is C28H38N4O9. The van der Waals surface area contributed by atoms with Crippen molar-refractivity contribution in [2.75, 3.05) is 39.6 Å². The van der Waals surface area contributed by atoms with Crippen LogP contribution in [0.15, 0.2) is 23.0 Å². The molecule has 13 nitrogen and oxygen atoms in total. The average Bonchev–Trinajstić information content (AvgIpc) is 2.86. The van der Waals surface area contributed by atoms with Crippen LogP contribution >= 0.6 is 0 Å². The van der Waals surface area contributed by atoms with Crippen LogP contribution < -0.4 is 16.0 Å². The number of aliphatic hydroxyl groups excluding tert-OH is 3. The van der Waals surface area contributed by atoms with E-state index in [1.165, 1.54) is 4.90 Å². The number of nitrogens with two attached hydrogens (primary N) is 1. The van der Waals surface area contributed by atoms with Gasteiger partial charge in [-0.05, 0) is 63.9 Å². The van der Waals surface area contributed by atoms with E-state index in [-0.39, 0.29) is 42.7 Å². The van der Waals surface area contributed by atoms with Gasteiger partial charge in [0.05, 0.1) is 11.6 Å². The highest BCUT2D eigenvalue weighted by Crippen LogP contribution is 2.54. The van der Waals surface area contributed by atoms with Crippen LogP contribution in [0.1, 0.15) is 36.0 Å². The third-order valence-electron chi connectivity index (χ3n) is 8.39. The van der Waals surface area contributed by atoms with E-state index in [4.69, 9.17) is 15.9 Å². The van der Waals surface area contributed by atoms with Crippen molar-refractivity contribution in [1.29, 1.82) is 0 Å². The van der Waals surface area contributed by atoms with Crippen molar-refractivity contribution < 1.29 is 45.0 Å². The molecule has 3 aliphatic carbocycles. The first-order valence-electron chi connectivity index (χ1n) is 13.4. The molecule has 0 saturated heterocycles. The zero-order chi connectivity index (χ0) is 30.5. The summed E-state index contributed by atoms with van der Waals surface area (Å²) in [6.07, 6.45) is -0.574. The molecule has 0 unspecified atom stereocenters. The summed E-state index contributed by atoms with van der Waals surface area (Å²) in [7, 11) is 6.70. The van der Waals surface area contributed by atoms with Crippen LogP contribution in [-0.2, 0) is 27.3 Å². The van der Waals surface area contributed by atoms with E-state index in [2.05, 4.69) is 5.32 Å². The van der Waals surface area contributed by atoms with E-state index in [1.807, 2.05) is 4.90 Å². The molecule has 4 rings (SSSR count). The van der Waals surface area contributed by atoms with Crippen molar-refractivity contribution in [2.24, 2.45) is 17.6 Å². The smallest absolute Gasteiger partial charge is 0.255 e. The normalized spacial score (nSPS) is 25.9. The molecule has 1 amide bonds. The fourth-order valence-electron chi connectivity index (χ4n) is 6.51. The number of ketones is 2. The van der Waals surface area contributed by atoms with Gasteiger partial charge < -0.3 is 46.6 Å². The minimum atomic E-state index is -2.69. The molecule has 0 aliphatic heterocycles. The maximum atomic E-state index is 14.0. The Morgan fingerprint density at radius 1 is 1.17 bits per heavy atom. The topological polar surface area (TPSA) is 217 Å². The lowest BCUT2D eigenvalue weighted by molar-refractivity contribution is -0.153. The standard InChI is InChI=1S/C28H38N4O9/c1-31(2)16-10-13(11-30-7-5-6-17(33)34)22(35)19-14(16)8-12-9-15-21(32(3)4)24(37)20(27(29)40)26(39)28(15,41)25(38)18(12)23(19)36/h10,12,15,17,21,30,33-36,39,41H,5-9,11H2,1-4H3,(H2,29,40)/t12-,15-,21-,28-/m0/s1. The first-order chi connectivity index (χ1) is 19.1. The summed E-state index contributed by atoms with van der Waals surface area (Å²) in [5.74, 6) is -6.89. The van der Waals surface area contributed by atoms with E-state index in [9.17, 15) is 34.8 Å². The number of Topliss-reactive ketones (excluding diaryl/α,β-unsaturated/α-hetero) is 2. The van der Waals surface area contributed by atoms with Gasteiger partial charge in [0.2, 0.25) is 5.78 Å². The molecule has 0 bridgehead atoms. The van der Waals surface area contributed by atoms with Crippen molar-refractivity contribution in [2.45, 2.75) is 50.2 Å². The zero-order valence-corrected chi connectivity index (χ0v) is 23.5. The van der Waals surface area contributed by atoms with Gasteiger partial charge in [-0.25, -0.2) is 0 Å². The number of benzene rings is 1. The van der Waals surface area contributed by atoms with Gasteiger partial charge in [-0.2, -0.15) is 0 Å². The van der Waals surface area contributed by atoms with Gasteiger partial charge in [0.25, 0.3) is 5.91 Å². The third kappa shape index (κ3) is 4.87. The second-order valence-corrected chi connectivity index (χ2v) is 11.4. The van der Waals surface area contributed by atoms with Gasteiger partial charge in [-0.3, -0.25) is 19.3 Å². The molecular weight excluding hydrogens is 536 g/mol. The molecule has 0 spiro atoms. The third-order valence-corrected chi connectivity index (χ3v) is 8.39. The zero-order valence-electron chi connectivity index (χ0n) is 23.5. The molecule has 1 fully saturated rings. The molecule has 1 saturated carbocycles. The Labute approximate surface area is 237 Å². The predicted octanol–water partition coefficient (Wildman–Crippen LogP) is -0.789. The van der Waals surface area contributed by atoms with E-state index < -0.39 is 64.3 Å². The number of phenolic OH excluding ortho intramolecular Hbond substituents is 1. The van der Waals surface area contributed by atoms with Gasteiger partial charge in [-0.15, -0.1) is 0 Å². The van der Waals surface area contributed by atoms with Crippen molar-refractivity contribution in [3.63, 3.8) is 0 Å². The van der Waals surface area contributed by atoms with Crippen molar-refractivity contribution >= 4 is 28.9 Å². The lowest BCUT2D eigenvalue weighted by Crippen LogP contribution is -2.65. The Morgan fingerprint density at radius 3 is 2.39 bits per heavy atom. The summed E-state index contributed by atoms with van der Waals surface area (Å²) >= 11 is 0. The summed E-state index contributed by atoms with van der Waals surface area (Å²) in [5, 5.41) is 66.7. The highest BCUT2D eigenvalue weighted by atomic mass is 16.5. The number of rotatable bonds is 9. The van der Waals surface area contributed by atoms with E-state index in [0.29, 0.717) is 29.8 Å². The number of nitrogens with zero attached hydrogens (tertiary/aromatic N) is 2. The molecule has 41 heavy (non-hydrogen) atoms. The molecule has 0 heterocycles. The minimum Gasteiger partial charge on any atom is -0.508 e. The lowest BCUT2D eigenvalue weighted by atomic mass is 9.57. The quantitative estimate of drug-likeness (QED) is 0.103. The summed E-state index contributed by atoms with van der Waals surface area (Å²) in [5.41, 5.74) is 3.30. The molecule has 13 heteroatoms. The first kappa shape index (κ1) is 30.5. The van der Waals surface area contributed by atoms with Crippen LogP contribution in [0.5, 0.6) is 5.75 Å². The molecule has 3 aliphatic rings. The Bertz CT molecular complexity index is 1350. The first-order valence-corrected chi connectivity index (χ1v) is 13.4. The molecule has 224 valence electrons. The molecule has 9 N–H and O–H groups in total. The summed E-state index contributed by atoms with van der Waals surface area (Å²) in [6.45, 7) is 0.596. The van der Waals surface area contributed by atoms with Crippen LogP contribution in [0.25, 0.3) is 5.76 Å². The van der Waals surface area contributed by atoms with E-state index in [0.717, 1.165) is 0 Å². The summed E-state index contributed by atoms with van der Waals surface area (Å²) in [6, 6.07) is 0.622. The number of carbonyl (C=O) groups excluding carboxylic acids is 3. The monoisotopic (exact) mass is 574 g/mol. The van der Waals surface area contributed by atoms with Crippen LogP contribution in [0.3, 0.4) is 0 Å². The Hall–Kier alpha value is -3.49. The Balaban J connectivity index is 1.84. The van der Waals surface area contributed by atoms with Gasteiger partial charge in [0.15, 0.2) is 17.7 Å². The Morgan fingerprint density at radius 2 is 1.83 bits per heavy atom. The van der Waals surface area contributed by atoms with E-state index >= 15 is 0 Å². The van der Waals surface area contributed by atoms with Crippen molar-refractivity contribution in [1.82, 2.24) is 10.2 Å². The Kier molecular flexibility index (Phi) is 8.22. The van der Waals surface area contributed by atoms with Crippen LogP contribution in [0, 0.1) is 11.8 Å². The van der Waals surface area contributed by atoms with Gasteiger partial charge in [0.1, 0.15) is 22.8 Å². The fraction of sp³-hybridized carbons (Fsp3) is 0.536. The summed E-state index contributed by atoms with van der Waals surface area (Å²) in [4.78, 5) is 42.6. The number of likely N-dealkylation sites (N-methyl/N-ethyl adjacent to an activating group) is 1. The van der Waals surface area contributed by atoms with Gasteiger partial charge in [0, 0.05) is 43.4 Å². The molecule has 1 aromatic rings. The lowest BCUT2D eigenvalue weighted by Gasteiger charge is -2.50. The van der Waals surface area contributed by atoms with Crippen LogP contribution in [0.4, 0.5) is 5.69 Å². The predicted molar refractivity (Wildman–Crippen MR) is 148 cm³/mol. The molecule has 0 aromatic heterocycles. The number of amides is 1. The SMILES string of the molecule is CN(C)c1cc(CNCCCC(O)O)c(O)c2c1C[C@H]1C[C@H]3[C@H](N(C)C)C(=O)C(C(N)=O)=C(O)[C@@]3(O)C(=O)C1=C2O. The van der Waals surface area contributed by atoms with Crippen molar-refractivity contribution in [3.05, 3.63) is 39.7 Å². The second-order valence-electron chi connectivity index (χ2n) is 11.4.